The highest BCUT2D eigenvalue weighted by Crippen LogP contribution is 2.33. The maximum Gasteiger partial charge on any atom is 0.419 e. The van der Waals surface area contributed by atoms with Crippen LogP contribution in [0.2, 0.25) is 0 Å². The summed E-state index contributed by atoms with van der Waals surface area (Å²) in [5.74, 6) is -0.141. The van der Waals surface area contributed by atoms with E-state index in [0.29, 0.717) is 6.54 Å². The van der Waals surface area contributed by atoms with Crippen LogP contribution in [0.4, 0.5) is 19.0 Å². The Morgan fingerprint density at radius 1 is 1.11 bits per heavy atom. The number of hydrogen-bond donors (Lipinski definition) is 1. The number of benzene rings is 1. The molecule has 0 saturated heterocycles. The standard InChI is InChI=1S/C14H13F3N2/c1-10-5-2-3-6-11(10)9-19-13-12(14(15,16)17)7-4-8-18-13/h2-8H,9H2,1H3,(H,18,19). The number of aryl methyl sites for hydroxylation is 1. The van der Waals surface area contributed by atoms with E-state index in [1.165, 1.54) is 12.3 Å². The molecule has 0 aliphatic rings. The molecule has 1 aromatic carbocycles. The van der Waals surface area contributed by atoms with Crippen molar-refractivity contribution in [2.75, 3.05) is 5.32 Å². The molecule has 0 atom stereocenters. The van der Waals surface area contributed by atoms with Gasteiger partial charge in [-0.05, 0) is 30.2 Å². The zero-order chi connectivity index (χ0) is 13.9. The number of anilines is 1. The summed E-state index contributed by atoms with van der Waals surface area (Å²) < 4.78 is 38.3. The molecule has 0 spiro atoms. The number of aromatic nitrogens is 1. The summed E-state index contributed by atoms with van der Waals surface area (Å²) in [5, 5.41) is 2.75. The first-order chi connectivity index (χ1) is 8.98. The highest BCUT2D eigenvalue weighted by molar-refractivity contribution is 5.46. The van der Waals surface area contributed by atoms with Crippen molar-refractivity contribution in [1.29, 1.82) is 0 Å². The molecule has 2 nitrogen and oxygen atoms in total. The number of rotatable bonds is 3. The molecular weight excluding hydrogens is 253 g/mol. The molecule has 0 aliphatic carbocycles. The molecule has 1 heterocycles. The van der Waals surface area contributed by atoms with E-state index in [-0.39, 0.29) is 5.82 Å². The molecule has 100 valence electrons. The van der Waals surface area contributed by atoms with Gasteiger partial charge in [0.1, 0.15) is 5.82 Å². The second-order valence-corrected chi connectivity index (χ2v) is 4.18. The Bertz CT molecular complexity index is 565. The van der Waals surface area contributed by atoms with Gasteiger partial charge in [0.2, 0.25) is 0 Å². The van der Waals surface area contributed by atoms with E-state index in [4.69, 9.17) is 0 Å². The number of nitrogens with zero attached hydrogens (tertiary/aromatic N) is 1. The molecular formula is C14H13F3N2. The Balaban J connectivity index is 2.19. The van der Waals surface area contributed by atoms with Crippen molar-refractivity contribution in [2.24, 2.45) is 0 Å². The van der Waals surface area contributed by atoms with Gasteiger partial charge in [-0.25, -0.2) is 4.98 Å². The number of hydrogen-bond acceptors (Lipinski definition) is 2. The largest absolute Gasteiger partial charge is 0.419 e. The summed E-state index contributed by atoms with van der Waals surface area (Å²) in [4.78, 5) is 3.76. The summed E-state index contributed by atoms with van der Waals surface area (Å²) in [6.07, 6.45) is -3.06. The zero-order valence-electron chi connectivity index (χ0n) is 10.3. The summed E-state index contributed by atoms with van der Waals surface area (Å²) in [5.41, 5.74) is 1.23. The first-order valence-corrected chi connectivity index (χ1v) is 5.79. The van der Waals surface area contributed by atoms with Gasteiger partial charge in [-0.3, -0.25) is 0 Å². The van der Waals surface area contributed by atoms with Crippen molar-refractivity contribution in [1.82, 2.24) is 4.98 Å². The van der Waals surface area contributed by atoms with Gasteiger partial charge >= 0.3 is 6.18 Å². The van der Waals surface area contributed by atoms with Crippen molar-refractivity contribution in [3.8, 4) is 0 Å². The minimum absolute atomic E-state index is 0.141. The molecule has 5 heteroatoms. The Morgan fingerprint density at radius 3 is 2.53 bits per heavy atom. The van der Waals surface area contributed by atoms with Crippen molar-refractivity contribution < 1.29 is 13.2 Å². The minimum atomic E-state index is -4.40. The van der Waals surface area contributed by atoms with Gasteiger partial charge in [-0.15, -0.1) is 0 Å². The fraction of sp³-hybridized carbons (Fsp3) is 0.214. The maximum absolute atomic E-state index is 12.8. The van der Waals surface area contributed by atoms with Crippen LogP contribution < -0.4 is 5.32 Å². The summed E-state index contributed by atoms with van der Waals surface area (Å²) in [7, 11) is 0. The third kappa shape index (κ3) is 3.24. The van der Waals surface area contributed by atoms with Crippen LogP contribution in [0.3, 0.4) is 0 Å². The summed E-state index contributed by atoms with van der Waals surface area (Å²) >= 11 is 0. The van der Waals surface area contributed by atoms with Crippen LogP contribution >= 0.6 is 0 Å². The lowest BCUT2D eigenvalue weighted by Crippen LogP contribution is -2.12. The van der Waals surface area contributed by atoms with Crippen LogP contribution in [-0.2, 0) is 12.7 Å². The zero-order valence-corrected chi connectivity index (χ0v) is 10.3. The van der Waals surface area contributed by atoms with E-state index in [9.17, 15) is 13.2 Å². The van der Waals surface area contributed by atoms with Crippen LogP contribution in [-0.4, -0.2) is 4.98 Å². The predicted octanol–water partition coefficient (Wildman–Crippen LogP) is 4.02. The SMILES string of the molecule is Cc1ccccc1CNc1ncccc1C(F)(F)F. The van der Waals surface area contributed by atoms with E-state index < -0.39 is 11.7 Å². The minimum Gasteiger partial charge on any atom is -0.365 e. The van der Waals surface area contributed by atoms with Crippen molar-refractivity contribution >= 4 is 5.82 Å². The van der Waals surface area contributed by atoms with Crippen LogP contribution in [0.25, 0.3) is 0 Å². The van der Waals surface area contributed by atoms with Gasteiger partial charge in [0.05, 0.1) is 5.56 Å². The van der Waals surface area contributed by atoms with E-state index >= 15 is 0 Å². The smallest absolute Gasteiger partial charge is 0.365 e. The van der Waals surface area contributed by atoms with Gasteiger partial charge in [0, 0.05) is 12.7 Å². The Hall–Kier alpha value is -2.04. The highest BCUT2D eigenvalue weighted by atomic mass is 19.4. The predicted molar refractivity (Wildman–Crippen MR) is 67.7 cm³/mol. The number of pyridine rings is 1. The average molecular weight is 266 g/mol. The van der Waals surface area contributed by atoms with Gasteiger partial charge in [0.25, 0.3) is 0 Å². The molecule has 0 amide bonds. The van der Waals surface area contributed by atoms with Crippen molar-refractivity contribution in [2.45, 2.75) is 19.6 Å². The number of nitrogens with one attached hydrogen (secondary N) is 1. The fourth-order valence-electron chi connectivity index (χ4n) is 1.76. The quantitative estimate of drug-likeness (QED) is 0.907. The molecule has 2 rings (SSSR count). The van der Waals surface area contributed by atoms with E-state index in [2.05, 4.69) is 10.3 Å². The van der Waals surface area contributed by atoms with E-state index in [1.807, 2.05) is 31.2 Å². The van der Waals surface area contributed by atoms with Crippen molar-refractivity contribution in [3.63, 3.8) is 0 Å². The van der Waals surface area contributed by atoms with Gasteiger partial charge in [-0.2, -0.15) is 13.2 Å². The number of alkyl halides is 3. The normalized spacial score (nSPS) is 11.4. The lowest BCUT2D eigenvalue weighted by atomic mass is 10.1. The highest BCUT2D eigenvalue weighted by Gasteiger charge is 2.33. The van der Waals surface area contributed by atoms with E-state index in [0.717, 1.165) is 17.2 Å². The molecule has 0 fully saturated rings. The van der Waals surface area contributed by atoms with Gasteiger partial charge < -0.3 is 5.32 Å². The third-order valence-corrected chi connectivity index (χ3v) is 2.82. The van der Waals surface area contributed by atoms with Crippen LogP contribution in [0, 0.1) is 6.92 Å². The maximum atomic E-state index is 12.8. The van der Waals surface area contributed by atoms with E-state index in [1.54, 1.807) is 0 Å². The van der Waals surface area contributed by atoms with Crippen LogP contribution in [0.15, 0.2) is 42.6 Å². The van der Waals surface area contributed by atoms with Crippen LogP contribution in [0.5, 0.6) is 0 Å². The second-order valence-electron chi connectivity index (χ2n) is 4.18. The van der Waals surface area contributed by atoms with Crippen LogP contribution in [0.1, 0.15) is 16.7 Å². The molecule has 0 aliphatic heterocycles. The molecule has 19 heavy (non-hydrogen) atoms. The average Bonchev–Trinajstić information content (AvgIpc) is 2.37. The molecule has 0 unspecified atom stereocenters. The molecule has 1 N–H and O–H groups in total. The fourth-order valence-corrected chi connectivity index (χ4v) is 1.76. The lowest BCUT2D eigenvalue weighted by Gasteiger charge is -2.13. The van der Waals surface area contributed by atoms with Crippen molar-refractivity contribution in [3.05, 3.63) is 59.3 Å². The van der Waals surface area contributed by atoms with Gasteiger partial charge in [0.15, 0.2) is 0 Å². The number of halogens is 3. The Labute approximate surface area is 109 Å². The van der Waals surface area contributed by atoms with Gasteiger partial charge in [-0.1, -0.05) is 24.3 Å². The summed E-state index contributed by atoms with van der Waals surface area (Å²) in [6.45, 7) is 2.23. The molecule has 0 saturated carbocycles. The second kappa shape index (κ2) is 5.30. The first kappa shape index (κ1) is 13.4. The topological polar surface area (TPSA) is 24.9 Å². The molecule has 1 aromatic heterocycles. The Kier molecular flexibility index (Phi) is 3.74. The summed E-state index contributed by atoms with van der Waals surface area (Å²) in [6, 6.07) is 9.83. The molecule has 0 radical (unpaired) electrons. The molecule has 0 bridgehead atoms. The monoisotopic (exact) mass is 266 g/mol. The first-order valence-electron chi connectivity index (χ1n) is 5.79. The Morgan fingerprint density at radius 2 is 1.84 bits per heavy atom. The molecule has 2 aromatic rings. The lowest BCUT2D eigenvalue weighted by molar-refractivity contribution is -0.137. The third-order valence-electron chi connectivity index (χ3n) is 2.82.